The number of allylic oxidation sites excluding steroid dienone is 4. The molecule has 346 valence electrons. The Labute approximate surface area is 352 Å². The van der Waals surface area contributed by atoms with Crippen molar-refractivity contribution in [3.05, 3.63) is 24.3 Å². The standard InChI is InChI=1S/C41H76O16P2/c1-3-5-7-9-11-13-15-17-19-21-23-25-27-29-34(42)53-31-33(55-35(43)30-28-26-24-22-20-18-16-14-12-10-8-6-4-2)32-54-59(51,52)57-41-38(46)36(44)37(45)40(39(41)47)56-58(48,49)50/h7,9,13,15,33,36-41,44-47H,3-6,8,10-12,14,16-32H2,1-2H3,(H,51,52)(H2,48,49,50)/t33-,36?,37?,38?,39?,40-,41+/m1/s1. The molecular formula is C41H76O16P2. The van der Waals surface area contributed by atoms with Gasteiger partial charge in [-0.1, -0.05) is 141 Å². The molecule has 1 fully saturated rings. The second kappa shape index (κ2) is 33.1. The lowest BCUT2D eigenvalue weighted by Gasteiger charge is -2.43. The summed E-state index contributed by atoms with van der Waals surface area (Å²) in [5.41, 5.74) is 0. The Morgan fingerprint density at radius 1 is 0.542 bits per heavy atom. The fourth-order valence-corrected chi connectivity index (χ4v) is 8.13. The Morgan fingerprint density at radius 3 is 1.54 bits per heavy atom. The van der Waals surface area contributed by atoms with Crippen LogP contribution in [0.5, 0.6) is 0 Å². The quantitative estimate of drug-likeness (QED) is 0.0140. The van der Waals surface area contributed by atoms with E-state index in [1.54, 1.807) is 0 Å². The first kappa shape index (κ1) is 55.5. The molecule has 0 spiro atoms. The van der Waals surface area contributed by atoms with Gasteiger partial charge in [-0.2, -0.15) is 0 Å². The van der Waals surface area contributed by atoms with Crippen molar-refractivity contribution in [1.82, 2.24) is 0 Å². The predicted octanol–water partition coefficient (Wildman–Crippen LogP) is 7.39. The number of aliphatic hydroxyl groups excluding tert-OH is 4. The van der Waals surface area contributed by atoms with E-state index in [2.05, 4.69) is 42.7 Å². The average molecular weight is 887 g/mol. The molecule has 0 bridgehead atoms. The van der Waals surface area contributed by atoms with Crippen molar-refractivity contribution < 1.29 is 76.9 Å². The number of ether oxygens (including phenoxy) is 2. The van der Waals surface area contributed by atoms with Crippen LogP contribution in [0.4, 0.5) is 0 Å². The molecule has 18 heteroatoms. The Balaban J connectivity index is 2.64. The molecule has 0 aromatic carbocycles. The van der Waals surface area contributed by atoms with Gasteiger partial charge in [0.25, 0.3) is 0 Å². The van der Waals surface area contributed by atoms with Crippen LogP contribution in [0.25, 0.3) is 0 Å². The summed E-state index contributed by atoms with van der Waals surface area (Å²) in [4.78, 5) is 54.1. The second-order valence-corrected chi connectivity index (χ2v) is 18.0. The van der Waals surface area contributed by atoms with Crippen molar-refractivity contribution in [2.24, 2.45) is 0 Å². The lowest BCUT2D eigenvalue weighted by Crippen LogP contribution is -2.64. The van der Waals surface area contributed by atoms with E-state index in [9.17, 15) is 44.0 Å². The monoisotopic (exact) mass is 886 g/mol. The second-order valence-electron chi connectivity index (χ2n) is 15.4. The normalized spacial score (nSPS) is 22.8. The van der Waals surface area contributed by atoms with Crippen molar-refractivity contribution in [3.63, 3.8) is 0 Å². The van der Waals surface area contributed by atoms with Gasteiger partial charge >= 0.3 is 27.6 Å². The molecule has 0 aromatic heterocycles. The summed E-state index contributed by atoms with van der Waals surface area (Å²) in [6, 6.07) is 0. The van der Waals surface area contributed by atoms with Crippen LogP contribution in [0, 0.1) is 0 Å². The minimum Gasteiger partial charge on any atom is -0.462 e. The molecule has 5 unspecified atom stereocenters. The van der Waals surface area contributed by atoms with Crippen LogP contribution in [0.3, 0.4) is 0 Å². The van der Waals surface area contributed by atoms with Gasteiger partial charge in [-0.05, 0) is 38.5 Å². The maximum atomic E-state index is 12.9. The number of aliphatic hydroxyl groups is 4. The van der Waals surface area contributed by atoms with Crippen molar-refractivity contribution in [2.45, 2.75) is 211 Å². The Kier molecular flexibility index (Phi) is 31.1. The van der Waals surface area contributed by atoms with Crippen molar-refractivity contribution >= 4 is 27.6 Å². The minimum atomic E-state index is -5.36. The first-order valence-corrected chi connectivity index (χ1v) is 24.9. The summed E-state index contributed by atoms with van der Waals surface area (Å²) in [5, 5.41) is 41.1. The first-order valence-electron chi connectivity index (χ1n) is 21.9. The third kappa shape index (κ3) is 27.9. The van der Waals surface area contributed by atoms with E-state index in [4.69, 9.17) is 28.3 Å². The average Bonchev–Trinajstić information content (AvgIpc) is 3.18. The maximum absolute atomic E-state index is 12.9. The lowest BCUT2D eigenvalue weighted by atomic mass is 9.85. The highest BCUT2D eigenvalue weighted by atomic mass is 31.2. The topological polar surface area (TPSA) is 256 Å². The van der Waals surface area contributed by atoms with E-state index < -0.39 is 83.5 Å². The van der Waals surface area contributed by atoms with Crippen LogP contribution in [0.1, 0.15) is 168 Å². The van der Waals surface area contributed by atoms with Gasteiger partial charge in [0.1, 0.15) is 43.2 Å². The molecular weight excluding hydrogens is 810 g/mol. The fraction of sp³-hybridized carbons (Fsp3) is 0.854. The zero-order valence-corrected chi connectivity index (χ0v) is 37.2. The molecule has 0 heterocycles. The Morgan fingerprint density at radius 2 is 1.02 bits per heavy atom. The van der Waals surface area contributed by atoms with Crippen LogP contribution in [0.15, 0.2) is 24.3 Å². The largest absolute Gasteiger partial charge is 0.472 e. The molecule has 0 radical (unpaired) electrons. The van der Waals surface area contributed by atoms with Crippen molar-refractivity contribution in [1.29, 1.82) is 0 Å². The number of hydrogen-bond donors (Lipinski definition) is 7. The zero-order chi connectivity index (χ0) is 43.9. The van der Waals surface area contributed by atoms with Gasteiger partial charge < -0.3 is 44.6 Å². The van der Waals surface area contributed by atoms with E-state index in [1.807, 2.05) is 0 Å². The number of hydrogen-bond acceptors (Lipinski definition) is 13. The highest BCUT2D eigenvalue weighted by molar-refractivity contribution is 7.47. The summed E-state index contributed by atoms with van der Waals surface area (Å²) in [6.45, 7) is 3.01. The summed E-state index contributed by atoms with van der Waals surface area (Å²) in [7, 11) is -10.7. The summed E-state index contributed by atoms with van der Waals surface area (Å²) in [6.07, 6.45) is 17.2. The van der Waals surface area contributed by atoms with Gasteiger partial charge in [0.05, 0.1) is 6.61 Å². The fourth-order valence-electron chi connectivity index (χ4n) is 6.59. The molecule has 0 saturated heterocycles. The van der Waals surface area contributed by atoms with Crippen LogP contribution < -0.4 is 0 Å². The molecule has 59 heavy (non-hydrogen) atoms. The minimum absolute atomic E-state index is 0.0446. The number of carbonyl (C=O) groups is 2. The smallest absolute Gasteiger partial charge is 0.462 e. The van der Waals surface area contributed by atoms with E-state index in [0.717, 1.165) is 77.0 Å². The number of rotatable bonds is 36. The van der Waals surface area contributed by atoms with Crippen LogP contribution >= 0.6 is 15.6 Å². The molecule has 1 saturated carbocycles. The molecule has 16 nitrogen and oxygen atoms in total. The zero-order valence-electron chi connectivity index (χ0n) is 35.4. The highest BCUT2D eigenvalue weighted by Gasteiger charge is 2.54. The van der Waals surface area contributed by atoms with Crippen molar-refractivity contribution in [2.75, 3.05) is 13.2 Å². The predicted molar refractivity (Wildman–Crippen MR) is 223 cm³/mol. The number of phosphoric acid groups is 2. The van der Waals surface area contributed by atoms with E-state index in [-0.39, 0.29) is 12.8 Å². The number of unbranched alkanes of at least 4 members (excludes halogenated alkanes) is 18. The Hall–Kier alpha value is -1.52. The first-order chi connectivity index (χ1) is 28.1. The van der Waals surface area contributed by atoms with Gasteiger partial charge in [0.2, 0.25) is 0 Å². The van der Waals surface area contributed by atoms with Crippen LogP contribution in [-0.4, -0.2) is 103 Å². The van der Waals surface area contributed by atoms with Gasteiger partial charge in [0.15, 0.2) is 6.10 Å². The molecule has 8 atom stereocenters. The van der Waals surface area contributed by atoms with Gasteiger partial charge in [-0.15, -0.1) is 0 Å². The number of phosphoric ester groups is 2. The molecule has 1 rings (SSSR count). The summed E-state index contributed by atoms with van der Waals surface area (Å²) in [5.74, 6) is -1.22. The SMILES string of the molecule is CCCC=CCC=CCCCCCCCC(=O)OC[C@H](COP(=O)(O)O[C@H]1C(O)C(O)C(O)[C@@H](OP(=O)(O)O)C1O)OC(=O)CCCCCCCCCCCCCCC. The highest BCUT2D eigenvalue weighted by Crippen LogP contribution is 2.49. The lowest BCUT2D eigenvalue weighted by molar-refractivity contribution is -0.216. The van der Waals surface area contributed by atoms with Gasteiger partial charge in [-0.3, -0.25) is 23.2 Å². The summed E-state index contributed by atoms with van der Waals surface area (Å²) < 4.78 is 49.2. The Bertz CT molecular complexity index is 1260. The van der Waals surface area contributed by atoms with E-state index >= 15 is 0 Å². The molecule has 0 aliphatic heterocycles. The van der Waals surface area contributed by atoms with Crippen LogP contribution in [0.2, 0.25) is 0 Å². The van der Waals surface area contributed by atoms with E-state index in [1.165, 1.54) is 51.4 Å². The molecule has 1 aliphatic carbocycles. The summed E-state index contributed by atoms with van der Waals surface area (Å²) >= 11 is 0. The molecule has 0 amide bonds. The van der Waals surface area contributed by atoms with Crippen molar-refractivity contribution in [3.8, 4) is 0 Å². The third-order valence-electron chi connectivity index (χ3n) is 10.0. The number of esters is 2. The molecule has 7 N–H and O–H groups in total. The third-order valence-corrected chi connectivity index (χ3v) is 11.5. The van der Waals surface area contributed by atoms with E-state index in [0.29, 0.717) is 12.8 Å². The van der Waals surface area contributed by atoms with Crippen LogP contribution in [-0.2, 0) is 41.8 Å². The molecule has 1 aliphatic rings. The van der Waals surface area contributed by atoms with Gasteiger partial charge in [-0.25, -0.2) is 9.13 Å². The van der Waals surface area contributed by atoms with Gasteiger partial charge in [0, 0.05) is 12.8 Å². The molecule has 0 aromatic rings. The maximum Gasteiger partial charge on any atom is 0.472 e. The number of carbonyl (C=O) groups excluding carboxylic acids is 2.